The van der Waals surface area contributed by atoms with Crippen molar-refractivity contribution in [3.05, 3.63) is 64.7 Å². The maximum atomic E-state index is 12.1. The number of hydrogen-bond donors (Lipinski definition) is 2. The summed E-state index contributed by atoms with van der Waals surface area (Å²) in [4.78, 5) is 29.9. The zero-order chi connectivity index (χ0) is 20.8. The molecule has 0 unspecified atom stereocenters. The Kier molecular flexibility index (Phi) is 6.61. The van der Waals surface area contributed by atoms with Crippen molar-refractivity contribution >= 4 is 28.8 Å². The summed E-state index contributed by atoms with van der Waals surface area (Å²) >= 11 is 1.61. The van der Waals surface area contributed by atoms with Gasteiger partial charge in [0.1, 0.15) is 10.8 Å². The number of benzene rings is 2. The molecule has 0 aliphatic heterocycles. The van der Waals surface area contributed by atoms with E-state index in [2.05, 4.69) is 34.7 Å². The molecule has 0 aliphatic carbocycles. The Morgan fingerprint density at radius 3 is 2.62 bits per heavy atom. The Morgan fingerprint density at radius 1 is 1.07 bits per heavy atom. The molecule has 0 atom stereocenters. The predicted octanol–water partition coefficient (Wildman–Crippen LogP) is 3.73. The van der Waals surface area contributed by atoms with Gasteiger partial charge in [0.05, 0.1) is 12.8 Å². The van der Waals surface area contributed by atoms with E-state index in [0.29, 0.717) is 24.4 Å². The standard InChI is InChI=1S/C22H23N3O3S/c1-14-6-4-7-16(12-14)22-24-15(2)19(29-22)10-11-23-20(26)21(27)25-17-8-5-9-18(13-17)28-3/h4-9,12-13H,10-11H2,1-3H3,(H,23,26)(H,25,27). The molecule has 0 bridgehead atoms. The van der Waals surface area contributed by atoms with Gasteiger partial charge in [-0.1, -0.05) is 29.8 Å². The van der Waals surface area contributed by atoms with Crippen LogP contribution in [0.15, 0.2) is 48.5 Å². The molecule has 0 spiro atoms. The number of nitrogens with zero attached hydrogens (tertiary/aromatic N) is 1. The number of aryl methyl sites for hydroxylation is 2. The van der Waals surface area contributed by atoms with Crippen molar-refractivity contribution < 1.29 is 14.3 Å². The molecule has 3 aromatic rings. The SMILES string of the molecule is COc1cccc(NC(=O)C(=O)NCCc2sc(-c3cccc(C)c3)nc2C)c1. The molecule has 7 heteroatoms. The minimum atomic E-state index is -0.709. The van der Waals surface area contributed by atoms with Crippen LogP contribution in [0.25, 0.3) is 10.6 Å². The maximum absolute atomic E-state index is 12.1. The van der Waals surface area contributed by atoms with E-state index >= 15 is 0 Å². The molecule has 2 N–H and O–H groups in total. The Labute approximate surface area is 173 Å². The fraction of sp³-hybridized carbons (Fsp3) is 0.227. The van der Waals surface area contributed by atoms with Gasteiger partial charge in [0.15, 0.2) is 0 Å². The van der Waals surface area contributed by atoms with E-state index in [9.17, 15) is 9.59 Å². The molecule has 2 amide bonds. The Hall–Kier alpha value is -3.19. The van der Waals surface area contributed by atoms with Gasteiger partial charge in [-0.05, 0) is 32.0 Å². The van der Waals surface area contributed by atoms with Crippen LogP contribution in [0, 0.1) is 13.8 Å². The molecule has 0 saturated carbocycles. The Bertz CT molecular complexity index is 1030. The first kappa shape index (κ1) is 20.5. The number of aromatic nitrogens is 1. The summed E-state index contributed by atoms with van der Waals surface area (Å²) in [5.41, 5.74) is 3.73. The van der Waals surface area contributed by atoms with Crippen molar-refractivity contribution in [2.75, 3.05) is 19.0 Å². The maximum Gasteiger partial charge on any atom is 0.313 e. The number of ether oxygens (including phenoxy) is 1. The molecule has 0 saturated heterocycles. The van der Waals surface area contributed by atoms with Crippen molar-refractivity contribution in [1.29, 1.82) is 0 Å². The number of hydrogen-bond acceptors (Lipinski definition) is 5. The molecule has 29 heavy (non-hydrogen) atoms. The van der Waals surface area contributed by atoms with Crippen LogP contribution in [0.5, 0.6) is 5.75 Å². The molecule has 1 aromatic heterocycles. The van der Waals surface area contributed by atoms with Crippen molar-refractivity contribution in [3.8, 4) is 16.3 Å². The van der Waals surface area contributed by atoms with Crippen LogP contribution in [0.3, 0.4) is 0 Å². The minimum absolute atomic E-state index is 0.362. The van der Waals surface area contributed by atoms with Crippen LogP contribution in [-0.4, -0.2) is 30.5 Å². The van der Waals surface area contributed by atoms with E-state index in [4.69, 9.17) is 4.74 Å². The van der Waals surface area contributed by atoms with Crippen molar-refractivity contribution in [2.24, 2.45) is 0 Å². The Balaban J connectivity index is 1.54. The first-order chi connectivity index (χ1) is 14.0. The number of carbonyl (C=O) groups excluding carboxylic acids is 2. The average Bonchev–Trinajstić information content (AvgIpc) is 3.08. The molecule has 2 aromatic carbocycles. The predicted molar refractivity (Wildman–Crippen MR) is 115 cm³/mol. The van der Waals surface area contributed by atoms with E-state index in [-0.39, 0.29) is 0 Å². The van der Waals surface area contributed by atoms with E-state index in [1.807, 2.05) is 19.1 Å². The number of amides is 2. The zero-order valence-electron chi connectivity index (χ0n) is 16.6. The highest BCUT2D eigenvalue weighted by Gasteiger charge is 2.15. The normalized spacial score (nSPS) is 10.4. The minimum Gasteiger partial charge on any atom is -0.497 e. The number of nitrogens with one attached hydrogen (secondary N) is 2. The van der Waals surface area contributed by atoms with Gasteiger partial charge in [0, 0.05) is 35.2 Å². The van der Waals surface area contributed by atoms with E-state index < -0.39 is 11.8 Å². The van der Waals surface area contributed by atoms with Gasteiger partial charge in [-0.15, -0.1) is 11.3 Å². The molecular formula is C22H23N3O3S. The zero-order valence-corrected chi connectivity index (χ0v) is 17.4. The number of thiazole rings is 1. The van der Waals surface area contributed by atoms with Crippen LogP contribution >= 0.6 is 11.3 Å². The van der Waals surface area contributed by atoms with Gasteiger partial charge in [0.25, 0.3) is 0 Å². The largest absolute Gasteiger partial charge is 0.497 e. The van der Waals surface area contributed by atoms with Crippen LogP contribution in [0.2, 0.25) is 0 Å². The lowest BCUT2D eigenvalue weighted by Crippen LogP contribution is -2.36. The molecule has 0 radical (unpaired) electrons. The van der Waals surface area contributed by atoms with Crippen LogP contribution < -0.4 is 15.4 Å². The summed E-state index contributed by atoms with van der Waals surface area (Å²) in [7, 11) is 1.54. The second-order valence-electron chi connectivity index (χ2n) is 6.59. The number of carbonyl (C=O) groups is 2. The van der Waals surface area contributed by atoms with Gasteiger partial charge < -0.3 is 15.4 Å². The fourth-order valence-corrected chi connectivity index (χ4v) is 3.88. The summed E-state index contributed by atoms with van der Waals surface area (Å²) in [5.74, 6) is -0.776. The van der Waals surface area contributed by atoms with Crippen molar-refractivity contribution in [3.63, 3.8) is 0 Å². The van der Waals surface area contributed by atoms with E-state index in [0.717, 1.165) is 21.1 Å². The third-order valence-electron chi connectivity index (χ3n) is 4.33. The van der Waals surface area contributed by atoms with Crippen LogP contribution in [0.1, 0.15) is 16.1 Å². The van der Waals surface area contributed by atoms with Crippen molar-refractivity contribution in [1.82, 2.24) is 10.3 Å². The van der Waals surface area contributed by atoms with Crippen LogP contribution in [0.4, 0.5) is 5.69 Å². The highest BCUT2D eigenvalue weighted by Crippen LogP contribution is 2.28. The lowest BCUT2D eigenvalue weighted by atomic mass is 10.1. The smallest absolute Gasteiger partial charge is 0.313 e. The van der Waals surface area contributed by atoms with Crippen molar-refractivity contribution in [2.45, 2.75) is 20.3 Å². The molecule has 6 nitrogen and oxygen atoms in total. The number of rotatable bonds is 6. The number of methoxy groups -OCH3 is 1. The van der Waals surface area contributed by atoms with Gasteiger partial charge in [0.2, 0.25) is 0 Å². The first-order valence-corrected chi connectivity index (χ1v) is 10.0. The third-order valence-corrected chi connectivity index (χ3v) is 5.60. The summed E-state index contributed by atoms with van der Waals surface area (Å²) in [5, 5.41) is 6.19. The van der Waals surface area contributed by atoms with Crippen LogP contribution in [-0.2, 0) is 16.0 Å². The third kappa shape index (κ3) is 5.42. The highest BCUT2D eigenvalue weighted by atomic mass is 32.1. The summed E-state index contributed by atoms with van der Waals surface area (Å²) < 4.78 is 5.11. The highest BCUT2D eigenvalue weighted by molar-refractivity contribution is 7.15. The first-order valence-electron chi connectivity index (χ1n) is 9.23. The quantitative estimate of drug-likeness (QED) is 0.608. The summed E-state index contributed by atoms with van der Waals surface area (Å²) in [6.07, 6.45) is 0.619. The van der Waals surface area contributed by atoms with Gasteiger partial charge >= 0.3 is 11.8 Å². The Morgan fingerprint density at radius 2 is 1.86 bits per heavy atom. The summed E-state index contributed by atoms with van der Waals surface area (Å²) in [6, 6.07) is 15.1. The fourth-order valence-electron chi connectivity index (χ4n) is 2.82. The molecule has 1 heterocycles. The molecule has 0 aliphatic rings. The number of anilines is 1. The van der Waals surface area contributed by atoms with Gasteiger partial charge in [-0.3, -0.25) is 9.59 Å². The second kappa shape index (κ2) is 9.34. The lowest BCUT2D eigenvalue weighted by molar-refractivity contribution is -0.136. The molecule has 150 valence electrons. The topological polar surface area (TPSA) is 80.3 Å². The van der Waals surface area contributed by atoms with E-state index in [1.165, 1.54) is 5.56 Å². The monoisotopic (exact) mass is 409 g/mol. The lowest BCUT2D eigenvalue weighted by Gasteiger charge is -2.07. The molecule has 3 rings (SSSR count). The molecular weight excluding hydrogens is 386 g/mol. The van der Waals surface area contributed by atoms with Gasteiger partial charge in [-0.25, -0.2) is 4.98 Å². The van der Waals surface area contributed by atoms with E-state index in [1.54, 1.807) is 42.7 Å². The van der Waals surface area contributed by atoms with Gasteiger partial charge in [-0.2, -0.15) is 0 Å². The summed E-state index contributed by atoms with van der Waals surface area (Å²) in [6.45, 7) is 4.38. The second-order valence-corrected chi connectivity index (χ2v) is 7.67. The molecule has 0 fully saturated rings. The average molecular weight is 410 g/mol.